The molecule has 1 atom stereocenters. The molecule has 1 rings (SSSR count). The van der Waals surface area contributed by atoms with E-state index in [1.165, 1.54) is 32.4 Å². The van der Waals surface area contributed by atoms with Crippen molar-refractivity contribution in [1.82, 2.24) is 10.2 Å². The van der Waals surface area contributed by atoms with Gasteiger partial charge >= 0.3 is 0 Å². The highest BCUT2D eigenvalue weighted by atomic mass is 16.5. The Morgan fingerprint density at radius 1 is 1.38 bits per heavy atom. The summed E-state index contributed by atoms with van der Waals surface area (Å²) in [7, 11) is 1.76. The zero-order valence-electron chi connectivity index (χ0n) is 11.2. The molecule has 96 valence electrons. The van der Waals surface area contributed by atoms with Crippen LogP contribution in [0.3, 0.4) is 0 Å². The second-order valence-electron chi connectivity index (χ2n) is 5.24. The third-order valence-corrected chi connectivity index (χ3v) is 3.21. The zero-order valence-corrected chi connectivity index (χ0v) is 11.2. The van der Waals surface area contributed by atoms with Crippen LogP contribution < -0.4 is 5.32 Å². The molecule has 1 unspecified atom stereocenters. The molecule has 1 N–H and O–H groups in total. The lowest BCUT2D eigenvalue weighted by Gasteiger charge is -2.37. The number of ether oxygens (including phenoxy) is 1. The van der Waals surface area contributed by atoms with E-state index in [-0.39, 0.29) is 0 Å². The van der Waals surface area contributed by atoms with Gasteiger partial charge in [0, 0.05) is 32.8 Å². The van der Waals surface area contributed by atoms with Crippen LogP contribution in [-0.4, -0.2) is 50.8 Å². The minimum Gasteiger partial charge on any atom is -0.383 e. The van der Waals surface area contributed by atoms with Crippen LogP contribution in [0.5, 0.6) is 0 Å². The molecule has 1 heterocycles. The summed E-state index contributed by atoms with van der Waals surface area (Å²) in [5, 5.41) is 3.49. The van der Waals surface area contributed by atoms with Crippen molar-refractivity contribution in [3.8, 4) is 0 Å². The first-order chi connectivity index (χ1) is 7.74. The second kappa shape index (κ2) is 8.04. The van der Waals surface area contributed by atoms with Crippen LogP contribution in [0.15, 0.2) is 0 Å². The number of rotatable bonds is 7. The lowest BCUT2D eigenvalue weighted by molar-refractivity contribution is 0.126. The quantitative estimate of drug-likeness (QED) is 0.672. The van der Waals surface area contributed by atoms with Crippen LogP contribution in [0.1, 0.15) is 33.1 Å². The van der Waals surface area contributed by atoms with Gasteiger partial charge in [-0.05, 0) is 25.3 Å². The van der Waals surface area contributed by atoms with E-state index < -0.39 is 0 Å². The maximum Gasteiger partial charge on any atom is 0.0587 e. The Morgan fingerprint density at radius 2 is 2.19 bits per heavy atom. The number of piperidine rings is 1. The molecule has 1 saturated heterocycles. The standard InChI is InChI=1S/C13H28N2O/c1-12(2)11-15-8-5-4-6-13(15)10-14-7-9-16-3/h12-14H,4-11H2,1-3H3. The molecule has 0 aromatic carbocycles. The molecule has 0 aromatic rings. The summed E-state index contributed by atoms with van der Waals surface area (Å²) in [6.45, 7) is 10.1. The van der Waals surface area contributed by atoms with Gasteiger partial charge in [-0.25, -0.2) is 0 Å². The smallest absolute Gasteiger partial charge is 0.0587 e. The molecule has 16 heavy (non-hydrogen) atoms. The van der Waals surface area contributed by atoms with E-state index in [0.717, 1.165) is 31.7 Å². The number of hydrogen-bond donors (Lipinski definition) is 1. The largest absolute Gasteiger partial charge is 0.383 e. The van der Waals surface area contributed by atoms with E-state index in [0.29, 0.717) is 0 Å². The summed E-state index contributed by atoms with van der Waals surface area (Å²) >= 11 is 0. The molecule has 0 radical (unpaired) electrons. The summed E-state index contributed by atoms with van der Waals surface area (Å²) in [5.41, 5.74) is 0. The highest BCUT2D eigenvalue weighted by molar-refractivity contribution is 4.79. The maximum absolute atomic E-state index is 5.05. The first kappa shape index (κ1) is 13.9. The lowest BCUT2D eigenvalue weighted by atomic mass is 10.0. The van der Waals surface area contributed by atoms with Crippen LogP contribution in [0.4, 0.5) is 0 Å². The molecule has 1 fully saturated rings. The van der Waals surface area contributed by atoms with Crippen LogP contribution in [0.25, 0.3) is 0 Å². The van der Waals surface area contributed by atoms with Crippen molar-refractivity contribution in [3.63, 3.8) is 0 Å². The zero-order chi connectivity index (χ0) is 11.8. The Morgan fingerprint density at radius 3 is 2.88 bits per heavy atom. The van der Waals surface area contributed by atoms with Gasteiger partial charge in [-0.2, -0.15) is 0 Å². The molecular weight excluding hydrogens is 200 g/mol. The predicted molar refractivity (Wildman–Crippen MR) is 68.8 cm³/mol. The maximum atomic E-state index is 5.05. The van der Waals surface area contributed by atoms with E-state index in [1.54, 1.807) is 7.11 Å². The van der Waals surface area contributed by atoms with E-state index in [2.05, 4.69) is 24.1 Å². The van der Waals surface area contributed by atoms with Crippen LogP contribution in [0, 0.1) is 5.92 Å². The van der Waals surface area contributed by atoms with Crippen molar-refractivity contribution in [2.24, 2.45) is 5.92 Å². The third kappa shape index (κ3) is 5.28. The topological polar surface area (TPSA) is 24.5 Å². The molecular formula is C13H28N2O. The third-order valence-electron chi connectivity index (χ3n) is 3.21. The van der Waals surface area contributed by atoms with E-state index in [4.69, 9.17) is 4.74 Å². The first-order valence-electron chi connectivity index (χ1n) is 6.67. The molecule has 1 aliphatic rings. The van der Waals surface area contributed by atoms with Gasteiger partial charge in [0.15, 0.2) is 0 Å². The SMILES string of the molecule is COCCNCC1CCCCN1CC(C)C. The van der Waals surface area contributed by atoms with Crippen molar-refractivity contribution in [1.29, 1.82) is 0 Å². The molecule has 0 saturated carbocycles. The molecule has 0 aromatic heterocycles. The Labute approximate surface area is 101 Å². The molecule has 0 bridgehead atoms. The van der Waals surface area contributed by atoms with Gasteiger partial charge in [0.2, 0.25) is 0 Å². The number of likely N-dealkylation sites (tertiary alicyclic amines) is 1. The van der Waals surface area contributed by atoms with Crippen molar-refractivity contribution in [2.75, 3.05) is 39.9 Å². The second-order valence-corrected chi connectivity index (χ2v) is 5.24. The summed E-state index contributed by atoms with van der Waals surface area (Å²) in [5.74, 6) is 0.777. The molecule has 0 amide bonds. The van der Waals surface area contributed by atoms with Crippen molar-refractivity contribution < 1.29 is 4.74 Å². The number of hydrogen-bond acceptors (Lipinski definition) is 3. The van der Waals surface area contributed by atoms with E-state index in [1.807, 2.05) is 0 Å². The average molecular weight is 228 g/mol. The van der Waals surface area contributed by atoms with E-state index in [9.17, 15) is 0 Å². The minimum atomic E-state index is 0.744. The summed E-state index contributed by atoms with van der Waals surface area (Å²) in [4.78, 5) is 2.66. The van der Waals surface area contributed by atoms with Gasteiger partial charge in [0.25, 0.3) is 0 Å². The Kier molecular flexibility index (Phi) is 7.01. The highest BCUT2D eigenvalue weighted by Gasteiger charge is 2.22. The van der Waals surface area contributed by atoms with Crippen LogP contribution in [0.2, 0.25) is 0 Å². The van der Waals surface area contributed by atoms with Gasteiger partial charge < -0.3 is 10.1 Å². The molecule has 0 aliphatic carbocycles. The molecule has 3 nitrogen and oxygen atoms in total. The van der Waals surface area contributed by atoms with Crippen molar-refractivity contribution >= 4 is 0 Å². The first-order valence-corrected chi connectivity index (χ1v) is 6.67. The lowest BCUT2D eigenvalue weighted by Crippen LogP contribution is -2.47. The average Bonchev–Trinajstić information content (AvgIpc) is 2.26. The van der Waals surface area contributed by atoms with Gasteiger partial charge in [0.05, 0.1) is 6.61 Å². The molecule has 1 aliphatic heterocycles. The fourth-order valence-electron chi connectivity index (χ4n) is 2.44. The highest BCUT2D eigenvalue weighted by Crippen LogP contribution is 2.17. The summed E-state index contributed by atoms with van der Waals surface area (Å²) in [6, 6.07) is 0.744. The summed E-state index contributed by atoms with van der Waals surface area (Å²) in [6.07, 6.45) is 4.12. The van der Waals surface area contributed by atoms with Gasteiger partial charge in [-0.15, -0.1) is 0 Å². The van der Waals surface area contributed by atoms with Gasteiger partial charge in [-0.3, -0.25) is 4.90 Å². The van der Waals surface area contributed by atoms with Gasteiger partial charge in [0.1, 0.15) is 0 Å². The van der Waals surface area contributed by atoms with Crippen molar-refractivity contribution in [3.05, 3.63) is 0 Å². The fraction of sp³-hybridized carbons (Fsp3) is 1.00. The normalized spacial score (nSPS) is 22.9. The van der Waals surface area contributed by atoms with Gasteiger partial charge in [-0.1, -0.05) is 20.3 Å². The monoisotopic (exact) mass is 228 g/mol. The molecule has 0 spiro atoms. The Balaban J connectivity index is 2.23. The molecule has 3 heteroatoms. The van der Waals surface area contributed by atoms with Crippen LogP contribution in [-0.2, 0) is 4.74 Å². The number of nitrogens with zero attached hydrogens (tertiary/aromatic N) is 1. The number of methoxy groups -OCH3 is 1. The van der Waals surface area contributed by atoms with Crippen molar-refractivity contribution in [2.45, 2.75) is 39.2 Å². The Bertz CT molecular complexity index is 173. The summed E-state index contributed by atoms with van der Waals surface area (Å²) < 4.78 is 5.05. The Hall–Kier alpha value is -0.120. The predicted octanol–water partition coefficient (Wildman–Crippen LogP) is 1.73. The minimum absolute atomic E-state index is 0.744. The fourth-order valence-corrected chi connectivity index (χ4v) is 2.44. The number of nitrogens with one attached hydrogen (secondary N) is 1. The van der Waals surface area contributed by atoms with Crippen LogP contribution >= 0.6 is 0 Å². The van der Waals surface area contributed by atoms with E-state index >= 15 is 0 Å².